The number of nitrogens with zero attached hydrogens (tertiary/aromatic N) is 3. The van der Waals surface area contributed by atoms with Gasteiger partial charge in [0.1, 0.15) is 0 Å². The van der Waals surface area contributed by atoms with E-state index in [0.29, 0.717) is 12.5 Å². The van der Waals surface area contributed by atoms with E-state index in [9.17, 15) is 10.1 Å². The number of nitro benzene ring substituents is 1. The Morgan fingerprint density at radius 2 is 2.15 bits per heavy atom. The molecule has 1 heterocycles. The van der Waals surface area contributed by atoms with Crippen molar-refractivity contribution in [2.45, 2.75) is 27.3 Å². The van der Waals surface area contributed by atoms with Gasteiger partial charge in [0.25, 0.3) is 5.69 Å². The van der Waals surface area contributed by atoms with Crippen LogP contribution in [0.3, 0.4) is 0 Å². The molecule has 0 saturated heterocycles. The lowest BCUT2D eigenvalue weighted by Gasteiger charge is -2.29. The highest BCUT2D eigenvalue weighted by Gasteiger charge is 2.24. The Hall–Kier alpha value is -1.56. The van der Waals surface area contributed by atoms with Crippen LogP contribution in [0.4, 0.5) is 5.69 Å². The molecule has 2 aromatic rings. The monoisotopic (exact) mass is 293 g/mol. The molecule has 0 radical (unpaired) electrons. The molecule has 20 heavy (non-hydrogen) atoms. The van der Waals surface area contributed by atoms with Gasteiger partial charge in [0.2, 0.25) is 0 Å². The normalized spacial score (nSPS) is 13.6. The molecule has 0 N–H and O–H groups in total. The van der Waals surface area contributed by atoms with Crippen LogP contribution in [0.1, 0.15) is 20.8 Å². The molecular weight excluding hydrogens is 274 g/mol. The summed E-state index contributed by atoms with van der Waals surface area (Å²) in [7, 11) is 0. The Kier molecular flexibility index (Phi) is 4.04. The highest BCUT2D eigenvalue weighted by molar-refractivity contribution is 7.80. The van der Waals surface area contributed by atoms with Gasteiger partial charge in [-0.3, -0.25) is 14.8 Å². The van der Waals surface area contributed by atoms with Gasteiger partial charge in [-0.15, -0.1) is 0 Å². The third kappa shape index (κ3) is 2.95. The fraction of sp³-hybridized carbons (Fsp3) is 0.500. The van der Waals surface area contributed by atoms with Crippen LogP contribution >= 0.6 is 12.6 Å². The van der Waals surface area contributed by atoms with Gasteiger partial charge in [-0.2, -0.15) is 17.7 Å². The lowest BCUT2D eigenvalue weighted by molar-refractivity contribution is -0.384. The second-order valence-electron chi connectivity index (χ2n) is 6.07. The quantitative estimate of drug-likeness (QED) is 0.533. The number of hydrogen-bond acceptors (Lipinski definition) is 4. The summed E-state index contributed by atoms with van der Waals surface area (Å²) in [4.78, 5) is 10.5. The van der Waals surface area contributed by atoms with Gasteiger partial charge in [-0.1, -0.05) is 20.8 Å². The molecule has 0 saturated carbocycles. The zero-order valence-electron chi connectivity index (χ0n) is 11.9. The summed E-state index contributed by atoms with van der Waals surface area (Å²) in [5.41, 5.74) is 1.01. The standard InChI is InChI=1S/C14H19N3O2S/c1-14(2,3)11(9-20)8-16-13-6-12(17(18)19)5-4-10(13)7-15-16/h4-7,11,20H,8-9H2,1-3H3. The van der Waals surface area contributed by atoms with Crippen molar-refractivity contribution in [3.63, 3.8) is 0 Å². The van der Waals surface area contributed by atoms with E-state index in [4.69, 9.17) is 0 Å². The zero-order valence-corrected chi connectivity index (χ0v) is 12.8. The van der Waals surface area contributed by atoms with Crippen molar-refractivity contribution in [1.82, 2.24) is 9.78 Å². The predicted octanol–water partition coefficient (Wildman–Crippen LogP) is 3.54. The molecule has 0 aliphatic heterocycles. The topological polar surface area (TPSA) is 61.0 Å². The summed E-state index contributed by atoms with van der Waals surface area (Å²) in [6, 6.07) is 4.83. The minimum Gasteiger partial charge on any atom is -0.264 e. The van der Waals surface area contributed by atoms with Crippen molar-refractivity contribution < 1.29 is 4.92 Å². The highest BCUT2D eigenvalue weighted by atomic mass is 32.1. The summed E-state index contributed by atoms with van der Waals surface area (Å²) in [6.07, 6.45) is 1.75. The maximum atomic E-state index is 10.9. The van der Waals surface area contributed by atoms with E-state index in [-0.39, 0.29) is 16.0 Å². The molecule has 1 unspecified atom stereocenters. The van der Waals surface area contributed by atoms with Crippen LogP contribution in [0.5, 0.6) is 0 Å². The van der Waals surface area contributed by atoms with E-state index in [0.717, 1.165) is 16.7 Å². The van der Waals surface area contributed by atoms with Crippen molar-refractivity contribution in [2.75, 3.05) is 5.75 Å². The van der Waals surface area contributed by atoms with Crippen molar-refractivity contribution >= 4 is 29.2 Å². The smallest absolute Gasteiger partial charge is 0.264 e. The largest absolute Gasteiger partial charge is 0.271 e. The van der Waals surface area contributed by atoms with Crippen LogP contribution in [0.15, 0.2) is 24.4 Å². The maximum Gasteiger partial charge on any atom is 0.271 e. The van der Waals surface area contributed by atoms with Gasteiger partial charge < -0.3 is 0 Å². The van der Waals surface area contributed by atoms with Gasteiger partial charge in [0, 0.05) is 24.1 Å². The van der Waals surface area contributed by atoms with Crippen LogP contribution in [0, 0.1) is 21.4 Å². The number of aromatic nitrogens is 2. The molecule has 0 amide bonds. The number of non-ortho nitro benzene ring substituents is 1. The first-order chi connectivity index (χ1) is 9.32. The molecule has 2 rings (SSSR count). The molecule has 0 bridgehead atoms. The Bertz CT molecular complexity index is 631. The second-order valence-corrected chi connectivity index (χ2v) is 6.44. The number of thiol groups is 1. The van der Waals surface area contributed by atoms with Crippen LogP contribution in [0.2, 0.25) is 0 Å². The van der Waals surface area contributed by atoms with Gasteiger partial charge in [0.05, 0.1) is 16.6 Å². The summed E-state index contributed by atoms with van der Waals surface area (Å²) >= 11 is 4.42. The average molecular weight is 293 g/mol. The fourth-order valence-electron chi connectivity index (χ4n) is 2.13. The fourth-order valence-corrected chi connectivity index (χ4v) is 2.80. The average Bonchev–Trinajstić information content (AvgIpc) is 2.76. The van der Waals surface area contributed by atoms with E-state index in [1.54, 1.807) is 18.3 Å². The van der Waals surface area contributed by atoms with E-state index in [1.807, 2.05) is 4.68 Å². The molecule has 6 heteroatoms. The summed E-state index contributed by atoms with van der Waals surface area (Å²) in [5, 5.41) is 16.2. The molecule has 0 spiro atoms. The highest BCUT2D eigenvalue weighted by Crippen LogP contribution is 2.30. The lowest BCUT2D eigenvalue weighted by Crippen LogP contribution is -2.27. The Morgan fingerprint density at radius 1 is 1.45 bits per heavy atom. The Morgan fingerprint density at radius 3 is 2.70 bits per heavy atom. The first-order valence-electron chi connectivity index (χ1n) is 6.53. The number of rotatable bonds is 4. The molecule has 1 atom stereocenters. The molecule has 0 aliphatic carbocycles. The molecule has 1 aromatic heterocycles. The maximum absolute atomic E-state index is 10.9. The predicted molar refractivity (Wildman–Crippen MR) is 83.2 cm³/mol. The number of nitro groups is 1. The summed E-state index contributed by atoms with van der Waals surface area (Å²) in [5.74, 6) is 1.09. The van der Waals surface area contributed by atoms with Crippen molar-refractivity contribution in [2.24, 2.45) is 11.3 Å². The third-order valence-corrected chi connectivity index (χ3v) is 4.12. The van der Waals surface area contributed by atoms with Crippen molar-refractivity contribution in [1.29, 1.82) is 0 Å². The molecule has 0 fully saturated rings. The number of benzene rings is 1. The summed E-state index contributed by atoms with van der Waals surface area (Å²) in [6.45, 7) is 7.21. The second kappa shape index (κ2) is 5.44. The molecular formula is C14H19N3O2S. The van der Waals surface area contributed by atoms with Crippen molar-refractivity contribution in [3.05, 3.63) is 34.5 Å². The first kappa shape index (κ1) is 14.8. The molecule has 0 aliphatic rings. The molecule has 5 nitrogen and oxygen atoms in total. The van der Waals surface area contributed by atoms with Gasteiger partial charge in [0.15, 0.2) is 0 Å². The van der Waals surface area contributed by atoms with Crippen molar-refractivity contribution in [3.8, 4) is 0 Å². The zero-order chi connectivity index (χ0) is 14.9. The van der Waals surface area contributed by atoms with Gasteiger partial charge in [-0.05, 0) is 23.2 Å². The van der Waals surface area contributed by atoms with Gasteiger partial charge in [-0.25, -0.2) is 0 Å². The molecule has 1 aromatic carbocycles. The number of fused-ring (bicyclic) bond motifs is 1. The summed E-state index contributed by atoms with van der Waals surface area (Å²) < 4.78 is 1.84. The van der Waals surface area contributed by atoms with Crippen LogP contribution in [0.25, 0.3) is 10.9 Å². The minimum atomic E-state index is -0.378. The van der Waals surface area contributed by atoms with E-state index in [2.05, 4.69) is 38.5 Å². The van der Waals surface area contributed by atoms with Gasteiger partial charge >= 0.3 is 0 Å². The van der Waals surface area contributed by atoms with Crippen LogP contribution in [-0.2, 0) is 6.54 Å². The van der Waals surface area contributed by atoms with Crippen LogP contribution in [-0.4, -0.2) is 20.5 Å². The number of hydrogen-bond donors (Lipinski definition) is 1. The van der Waals surface area contributed by atoms with E-state index < -0.39 is 0 Å². The first-order valence-corrected chi connectivity index (χ1v) is 7.17. The lowest BCUT2D eigenvalue weighted by atomic mass is 9.82. The molecule has 108 valence electrons. The van der Waals surface area contributed by atoms with Crippen LogP contribution < -0.4 is 0 Å². The van der Waals surface area contributed by atoms with E-state index >= 15 is 0 Å². The Labute approximate surface area is 123 Å². The SMILES string of the molecule is CC(C)(C)C(CS)Cn1ncc2ccc([N+](=O)[O-])cc21. The minimum absolute atomic E-state index is 0.0948. The van der Waals surface area contributed by atoms with E-state index in [1.165, 1.54) is 6.07 Å². The third-order valence-electron chi connectivity index (χ3n) is 3.68. The Balaban J connectivity index is 2.39.